The Bertz CT molecular complexity index is 477. The molecule has 8 heteroatoms. The van der Waals surface area contributed by atoms with E-state index in [2.05, 4.69) is 20.7 Å². The monoisotopic (exact) mass is 341 g/mol. The summed E-state index contributed by atoms with van der Waals surface area (Å²) in [6, 6.07) is 2.40. The number of esters is 1. The summed E-state index contributed by atoms with van der Waals surface area (Å²) in [6.45, 7) is 1.80. The first kappa shape index (κ1) is 15.6. The second kappa shape index (κ2) is 6.14. The highest BCUT2D eigenvalue weighted by molar-refractivity contribution is 9.10. The van der Waals surface area contributed by atoms with Crippen LogP contribution in [0.15, 0.2) is 16.6 Å². The Hall–Kier alpha value is -1.44. The second-order valence-corrected chi connectivity index (χ2v) is 4.32. The summed E-state index contributed by atoms with van der Waals surface area (Å²) in [7, 11) is 0. The van der Waals surface area contributed by atoms with Crippen LogP contribution in [0.2, 0.25) is 0 Å². The molecule has 4 nitrogen and oxygen atoms in total. The third kappa shape index (κ3) is 4.62. The summed E-state index contributed by atoms with van der Waals surface area (Å²) in [5, 5.41) is 0. The zero-order chi connectivity index (χ0) is 14.6. The number of benzene rings is 1. The Morgan fingerprint density at radius 1 is 1.42 bits per heavy atom. The molecule has 0 bridgehead atoms. The average molecular weight is 342 g/mol. The molecule has 19 heavy (non-hydrogen) atoms. The van der Waals surface area contributed by atoms with E-state index in [4.69, 9.17) is 10.5 Å². The fourth-order valence-corrected chi connectivity index (χ4v) is 1.85. The van der Waals surface area contributed by atoms with Crippen LogP contribution in [0.3, 0.4) is 0 Å². The number of halogens is 4. The topological polar surface area (TPSA) is 61.5 Å². The first-order chi connectivity index (χ1) is 8.74. The molecule has 0 spiro atoms. The molecule has 2 N–H and O–H groups in total. The van der Waals surface area contributed by atoms with Gasteiger partial charge in [0, 0.05) is 10.0 Å². The van der Waals surface area contributed by atoms with Crippen LogP contribution in [-0.2, 0) is 16.0 Å². The third-order valence-corrected chi connectivity index (χ3v) is 2.85. The zero-order valence-electron chi connectivity index (χ0n) is 9.88. The largest absolute Gasteiger partial charge is 0.573 e. The number of rotatable bonds is 4. The van der Waals surface area contributed by atoms with E-state index in [-0.39, 0.29) is 24.3 Å². The normalized spacial score (nSPS) is 11.2. The summed E-state index contributed by atoms with van der Waals surface area (Å²) in [5.74, 6) is -1.13. The Labute approximate surface area is 115 Å². The summed E-state index contributed by atoms with van der Waals surface area (Å²) in [5.41, 5.74) is 5.52. The van der Waals surface area contributed by atoms with Crippen LogP contribution in [0.4, 0.5) is 18.9 Å². The maximum absolute atomic E-state index is 12.2. The van der Waals surface area contributed by atoms with E-state index in [1.165, 1.54) is 6.07 Å². The molecule has 0 radical (unpaired) electrons. The predicted octanol–water partition coefficient (Wildman–Crippen LogP) is 3.04. The van der Waals surface area contributed by atoms with Crippen molar-refractivity contribution in [1.29, 1.82) is 0 Å². The van der Waals surface area contributed by atoms with E-state index < -0.39 is 18.1 Å². The van der Waals surface area contributed by atoms with Crippen molar-refractivity contribution >= 4 is 27.6 Å². The van der Waals surface area contributed by atoms with E-state index in [1.54, 1.807) is 6.92 Å². The van der Waals surface area contributed by atoms with Crippen molar-refractivity contribution in [3.63, 3.8) is 0 Å². The van der Waals surface area contributed by atoms with Gasteiger partial charge in [0.15, 0.2) is 5.75 Å². The molecular weight excluding hydrogens is 331 g/mol. The van der Waals surface area contributed by atoms with E-state index >= 15 is 0 Å². The smallest absolute Gasteiger partial charge is 0.466 e. The fourth-order valence-electron chi connectivity index (χ4n) is 1.37. The molecule has 0 unspecified atom stereocenters. The van der Waals surface area contributed by atoms with Gasteiger partial charge in [0.2, 0.25) is 0 Å². The molecule has 0 saturated carbocycles. The molecule has 0 aliphatic rings. The molecule has 1 rings (SSSR count). The van der Waals surface area contributed by atoms with Gasteiger partial charge >= 0.3 is 12.3 Å². The van der Waals surface area contributed by atoms with Crippen LogP contribution in [0, 0.1) is 0 Å². The lowest BCUT2D eigenvalue weighted by atomic mass is 10.1. The number of carbonyl (C=O) groups is 1. The zero-order valence-corrected chi connectivity index (χ0v) is 11.5. The van der Waals surface area contributed by atoms with E-state index in [9.17, 15) is 18.0 Å². The molecule has 0 aliphatic carbocycles. The Kier molecular flexibility index (Phi) is 5.04. The summed E-state index contributed by atoms with van der Waals surface area (Å²) >= 11 is 3.12. The Balaban J connectivity index is 3.03. The number of ether oxygens (including phenoxy) is 2. The van der Waals surface area contributed by atoms with Gasteiger partial charge in [-0.05, 0) is 19.1 Å². The lowest BCUT2D eigenvalue weighted by molar-refractivity contribution is -0.274. The number of alkyl halides is 3. The van der Waals surface area contributed by atoms with Gasteiger partial charge in [-0.3, -0.25) is 4.79 Å². The van der Waals surface area contributed by atoms with Gasteiger partial charge < -0.3 is 15.2 Å². The minimum atomic E-state index is -4.84. The van der Waals surface area contributed by atoms with Gasteiger partial charge in [0.25, 0.3) is 0 Å². The molecule has 0 amide bonds. The number of hydrogen-bond acceptors (Lipinski definition) is 4. The van der Waals surface area contributed by atoms with E-state index in [0.29, 0.717) is 4.47 Å². The van der Waals surface area contributed by atoms with Gasteiger partial charge in [-0.2, -0.15) is 0 Å². The van der Waals surface area contributed by atoms with Crippen molar-refractivity contribution in [2.45, 2.75) is 19.7 Å². The maximum Gasteiger partial charge on any atom is 0.573 e. The van der Waals surface area contributed by atoms with E-state index in [0.717, 1.165) is 6.07 Å². The highest BCUT2D eigenvalue weighted by Gasteiger charge is 2.32. The molecule has 1 aromatic rings. The molecule has 1 aromatic carbocycles. The van der Waals surface area contributed by atoms with Gasteiger partial charge in [-0.15, -0.1) is 13.2 Å². The van der Waals surface area contributed by atoms with Crippen molar-refractivity contribution < 1.29 is 27.4 Å². The number of carbonyl (C=O) groups excluding carboxylic acids is 1. The minimum absolute atomic E-state index is 0.176. The lowest BCUT2D eigenvalue weighted by Gasteiger charge is -2.14. The van der Waals surface area contributed by atoms with Crippen molar-refractivity contribution in [1.82, 2.24) is 0 Å². The van der Waals surface area contributed by atoms with Crippen LogP contribution in [-0.4, -0.2) is 18.9 Å². The van der Waals surface area contributed by atoms with Gasteiger partial charge in [0.05, 0.1) is 18.7 Å². The number of anilines is 1. The van der Waals surface area contributed by atoms with Crippen molar-refractivity contribution in [3.05, 3.63) is 22.2 Å². The first-order valence-corrected chi connectivity index (χ1v) is 6.02. The van der Waals surface area contributed by atoms with Crippen molar-refractivity contribution in [2.75, 3.05) is 12.3 Å². The number of nitrogen functional groups attached to an aromatic ring is 1. The molecule has 0 aromatic heterocycles. The maximum atomic E-state index is 12.2. The summed E-state index contributed by atoms with van der Waals surface area (Å²) < 4.78 is 45.4. The van der Waals surface area contributed by atoms with Gasteiger partial charge in [-0.25, -0.2) is 0 Å². The summed E-state index contributed by atoms with van der Waals surface area (Å²) in [6.07, 6.45) is -5.08. The van der Waals surface area contributed by atoms with Crippen molar-refractivity contribution in [3.8, 4) is 5.75 Å². The van der Waals surface area contributed by atoms with Crippen LogP contribution < -0.4 is 10.5 Å². The fraction of sp³-hybridized carbons (Fsp3) is 0.364. The highest BCUT2D eigenvalue weighted by atomic mass is 79.9. The van der Waals surface area contributed by atoms with Crippen molar-refractivity contribution in [2.24, 2.45) is 0 Å². The predicted molar refractivity (Wildman–Crippen MR) is 65.6 cm³/mol. The van der Waals surface area contributed by atoms with Crippen LogP contribution in [0.1, 0.15) is 12.5 Å². The average Bonchev–Trinajstić information content (AvgIpc) is 2.27. The molecule has 0 saturated heterocycles. The van der Waals surface area contributed by atoms with Gasteiger partial charge in [0.1, 0.15) is 0 Å². The molecule has 0 atom stereocenters. The second-order valence-electron chi connectivity index (χ2n) is 3.47. The van der Waals surface area contributed by atoms with Crippen LogP contribution in [0.5, 0.6) is 5.75 Å². The van der Waals surface area contributed by atoms with Crippen LogP contribution >= 0.6 is 15.9 Å². The number of hydrogen-bond donors (Lipinski definition) is 1. The highest BCUT2D eigenvalue weighted by Crippen LogP contribution is 2.35. The van der Waals surface area contributed by atoms with Crippen LogP contribution in [0.25, 0.3) is 0 Å². The lowest BCUT2D eigenvalue weighted by Crippen LogP contribution is -2.19. The van der Waals surface area contributed by atoms with Gasteiger partial charge in [-0.1, -0.05) is 15.9 Å². The molecule has 0 heterocycles. The first-order valence-electron chi connectivity index (χ1n) is 5.22. The SMILES string of the molecule is CCOC(=O)Cc1c(Br)ccc(OC(F)(F)F)c1N. The standard InChI is InChI=1S/C11H11BrF3NO3/c1-2-18-9(17)5-6-7(12)3-4-8(10(6)16)19-11(13,14)15/h3-4H,2,5,16H2,1H3. The number of nitrogens with two attached hydrogens (primary N) is 1. The Morgan fingerprint density at radius 2 is 2.05 bits per heavy atom. The molecule has 0 aliphatic heterocycles. The molecule has 0 fully saturated rings. The third-order valence-electron chi connectivity index (χ3n) is 2.11. The minimum Gasteiger partial charge on any atom is -0.466 e. The van der Waals surface area contributed by atoms with E-state index in [1.807, 2.05) is 0 Å². The Morgan fingerprint density at radius 3 is 2.58 bits per heavy atom. The summed E-state index contributed by atoms with van der Waals surface area (Å²) in [4.78, 5) is 11.4. The molecule has 106 valence electrons. The molecular formula is C11H11BrF3NO3. The quantitative estimate of drug-likeness (QED) is 0.675.